The lowest BCUT2D eigenvalue weighted by Gasteiger charge is -2.40. The average Bonchev–Trinajstić information content (AvgIpc) is 3.25. The predicted molar refractivity (Wildman–Crippen MR) is 105 cm³/mol. The van der Waals surface area contributed by atoms with E-state index in [4.69, 9.17) is 16.0 Å². The van der Waals surface area contributed by atoms with Gasteiger partial charge in [-0.25, -0.2) is 19.2 Å². The Labute approximate surface area is 173 Å². The molecule has 0 N–H and O–H groups in total. The van der Waals surface area contributed by atoms with Crippen molar-refractivity contribution in [2.75, 3.05) is 0 Å². The minimum Gasteiger partial charge on any atom is -0.390 e. The molecule has 4 aromatic rings. The van der Waals surface area contributed by atoms with E-state index in [1.54, 1.807) is 35.9 Å². The van der Waals surface area contributed by atoms with E-state index in [1.165, 1.54) is 17.2 Å². The van der Waals surface area contributed by atoms with Crippen LogP contribution < -0.4 is 11.3 Å². The number of imidazole rings is 1. The first-order chi connectivity index (χ1) is 14.3. The lowest BCUT2D eigenvalue weighted by Crippen LogP contribution is -2.41. The SMILES string of the molecule is Cn1cnc2ncn(Cc3nn(C4CC(F)(c5ccc(Cl)cc5)C4)c(=O)o3)c(=O)c21. The van der Waals surface area contributed by atoms with Gasteiger partial charge in [0.15, 0.2) is 11.2 Å². The van der Waals surface area contributed by atoms with Crippen LogP contribution in [0.4, 0.5) is 4.39 Å². The van der Waals surface area contributed by atoms with Crippen molar-refractivity contribution in [1.82, 2.24) is 28.9 Å². The summed E-state index contributed by atoms with van der Waals surface area (Å²) in [6, 6.07) is 6.13. The van der Waals surface area contributed by atoms with Crippen LogP contribution in [0.2, 0.25) is 5.02 Å². The van der Waals surface area contributed by atoms with Crippen LogP contribution in [0, 0.1) is 0 Å². The molecule has 1 aliphatic carbocycles. The van der Waals surface area contributed by atoms with Crippen LogP contribution in [-0.2, 0) is 19.3 Å². The van der Waals surface area contributed by atoms with E-state index in [0.29, 0.717) is 21.7 Å². The molecule has 1 saturated carbocycles. The quantitative estimate of drug-likeness (QED) is 0.492. The number of aromatic nitrogens is 6. The van der Waals surface area contributed by atoms with E-state index in [1.807, 2.05) is 0 Å². The minimum atomic E-state index is -1.54. The number of nitrogens with zero attached hydrogens (tertiary/aromatic N) is 6. The van der Waals surface area contributed by atoms with Crippen LogP contribution in [0.3, 0.4) is 0 Å². The van der Waals surface area contributed by atoms with Crippen molar-refractivity contribution in [1.29, 1.82) is 0 Å². The first kappa shape index (κ1) is 18.7. The van der Waals surface area contributed by atoms with Gasteiger partial charge in [-0.1, -0.05) is 23.7 Å². The molecule has 1 aliphatic rings. The Morgan fingerprint density at radius 3 is 2.63 bits per heavy atom. The number of rotatable bonds is 4. The second-order valence-electron chi connectivity index (χ2n) is 7.45. The number of hydrogen-bond donors (Lipinski definition) is 0. The number of halogens is 2. The Hall–Kier alpha value is -3.27. The largest absolute Gasteiger partial charge is 0.437 e. The van der Waals surface area contributed by atoms with Crippen LogP contribution in [-0.4, -0.2) is 28.9 Å². The van der Waals surface area contributed by atoms with Crippen molar-refractivity contribution in [3.8, 4) is 0 Å². The van der Waals surface area contributed by atoms with E-state index in [0.717, 1.165) is 4.68 Å². The molecule has 3 aromatic heterocycles. The Morgan fingerprint density at radius 1 is 1.20 bits per heavy atom. The van der Waals surface area contributed by atoms with Crippen molar-refractivity contribution in [2.24, 2.45) is 7.05 Å². The zero-order chi connectivity index (χ0) is 21.0. The Balaban J connectivity index is 1.37. The van der Waals surface area contributed by atoms with Crippen LogP contribution in [0.1, 0.15) is 30.3 Å². The molecule has 30 heavy (non-hydrogen) atoms. The molecule has 1 aromatic carbocycles. The number of fused-ring (bicyclic) bond motifs is 1. The highest BCUT2D eigenvalue weighted by Gasteiger charge is 2.48. The molecule has 1 fully saturated rings. The molecule has 0 aliphatic heterocycles. The zero-order valence-electron chi connectivity index (χ0n) is 15.8. The first-order valence-corrected chi connectivity index (χ1v) is 9.62. The van der Waals surface area contributed by atoms with Gasteiger partial charge in [0.25, 0.3) is 5.56 Å². The van der Waals surface area contributed by atoms with Crippen molar-refractivity contribution in [3.05, 3.63) is 74.3 Å². The van der Waals surface area contributed by atoms with Crippen LogP contribution >= 0.6 is 11.6 Å². The minimum absolute atomic E-state index is 0.0493. The molecule has 0 radical (unpaired) electrons. The number of alkyl halides is 1. The van der Waals surface area contributed by atoms with Gasteiger partial charge in [0.05, 0.1) is 12.4 Å². The molecule has 3 heterocycles. The molecular formula is C19H16ClFN6O3. The summed E-state index contributed by atoms with van der Waals surface area (Å²) in [5, 5.41) is 4.70. The molecule has 0 bridgehead atoms. The summed E-state index contributed by atoms with van der Waals surface area (Å²) < 4.78 is 24.3. The third kappa shape index (κ3) is 2.95. The van der Waals surface area contributed by atoms with Gasteiger partial charge in [-0.05, 0) is 17.7 Å². The van der Waals surface area contributed by atoms with E-state index >= 15 is 4.39 Å². The Kier molecular flexibility index (Phi) is 4.14. The summed E-state index contributed by atoms with van der Waals surface area (Å²) in [7, 11) is 1.69. The summed E-state index contributed by atoms with van der Waals surface area (Å²) in [6.45, 7) is -0.0696. The Morgan fingerprint density at radius 2 is 1.90 bits per heavy atom. The predicted octanol–water partition coefficient (Wildman–Crippen LogP) is 2.18. The van der Waals surface area contributed by atoms with E-state index in [-0.39, 0.29) is 30.8 Å². The average molecular weight is 431 g/mol. The fourth-order valence-corrected chi connectivity index (χ4v) is 3.92. The first-order valence-electron chi connectivity index (χ1n) is 9.24. The molecule has 0 unspecified atom stereocenters. The summed E-state index contributed by atoms with van der Waals surface area (Å²) in [5.74, 6) is -0.635. The maximum absolute atomic E-state index is 15.1. The molecule has 0 atom stereocenters. The molecule has 0 amide bonds. The second-order valence-corrected chi connectivity index (χ2v) is 7.88. The van der Waals surface area contributed by atoms with Gasteiger partial charge in [-0.3, -0.25) is 9.36 Å². The summed E-state index contributed by atoms with van der Waals surface area (Å²) in [4.78, 5) is 33.0. The summed E-state index contributed by atoms with van der Waals surface area (Å²) in [5.41, 5.74) is -0.683. The molecule has 154 valence electrons. The van der Waals surface area contributed by atoms with E-state index in [2.05, 4.69) is 15.1 Å². The third-order valence-corrected chi connectivity index (χ3v) is 5.70. The lowest BCUT2D eigenvalue weighted by atomic mass is 9.73. The highest BCUT2D eigenvalue weighted by atomic mass is 35.5. The summed E-state index contributed by atoms with van der Waals surface area (Å²) >= 11 is 5.86. The highest BCUT2D eigenvalue weighted by Crippen LogP contribution is 2.51. The van der Waals surface area contributed by atoms with Crippen molar-refractivity contribution >= 4 is 22.8 Å². The molecule has 0 saturated heterocycles. The molecule has 9 nitrogen and oxygen atoms in total. The van der Waals surface area contributed by atoms with Gasteiger partial charge in [-0.2, -0.15) is 4.68 Å². The van der Waals surface area contributed by atoms with E-state index < -0.39 is 17.5 Å². The molecule has 0 spiro atoms. The normalized spacial score (nSPS) is 21.1. The van der Waals surface area contributed by atoms with Crippen molar-refractivity contribution < 1.29 is 8.81 Å². The monoisotopic (exact) mass is 430 g/mol. The molecular weight excluding hydrogens is 415 g/mol. The van der Waals surface area contributed by atoms with Gasteiger partial charge < -0.3 is 8.98 Å². The van der Waals surface area contributed by atoms with Crippen molar-refractivity contribution in [3.63, 3.8) is 0 Å². The standard InChI is InChI=1S/C19H16ClFN6O3/c1-25-9-22-16-15(25)17(28)26(10-23-16)8-14-24-27(18(29)30-14)13-6-19(21,7-13)11-2-4-12(20)5-3-11/h2-5,9-10,13H,6-8H2,1H3. The van der Waals surface area contributed by atoms with Gasteiger partial charge in [0.2, 0.25) is 5.89 Å². The Bertz CT molecular complexity index is 1360. The van der Waals surface area contributed by atoms with Crippen LogP contribution in [0.5, 0.6) is 0 Å². The van der Waals surface area contributed by atoms with Crippen LogP contribution in [0.25, 0.3) is 11.2 Å². The van der Waals surface area contributed by atoms with Crippen molar-refractivity contribution in [2.45, 2.75) is 31.1 Å². The fraction of sp³-hybridized carbons (Fsp3) is 0.316. The zero-order valence-corrected chi connectivity index (χ0v) is 16.6. The highest BCUT2D eigenvalue weighted by molar-refractivity contribution is 6.30. The number of hydrogen-bond acceptors (Lipinski definition) is 6. The van der Waals surface area contributed by atoms with Gasteiger partial charge in [-0.15, -0.1) is 5.10 Å². The third-order valence-electron chi connectivity index (χ3n) is 5.44. The maximum Gasteiger partial charge on any atom is 0.437 e. The molecule has 11 heteroatoms. The number of benzene rings is 1. The second kappa shape index (κ2) is 6.63. The maximum atomic E-state index is 15.1. The van der Waals surface area contributed by atoms with Crippen LogP contribution in [0.15, 0.2) is 50.9 Å². The fourth-order valence-electron chi connectivity index (χ4n) is 3.80. The number of aryl methyl sites for hydroxylation is 1. The molecule has 5 rings (SSSR count). The smallest absolute Gasteiger partial charge is 0.390 e. The van der Waals surface area contributed by atoms with Gasteiger partial charge in [0, 0.05) is 24.9 Å². The van der Waals surface area contributed by atoms with E-state index in [9.17, 15) is 9.59 Å². The topological polar surface area (TPSA) is 101 Å². The van der Waals surface area contributed by atoms with Gasteiger partial charge in [0.1, 0.15) is 18.5 Å². The van der Waals surface area contributed by atoms with Gasteiger partial charge >= 0.3 is 5.76 Å². The lowest BCUT2D eigenvalue weighted by molar-refractivity contribution is 0.00179. The summed E-state index contributed by atoms with van der Waals surface area (Å²) in [6.07, 6.45) is 3.03.